The highest BCUT2D eigenvalue weighted by molar-refractivity contribution is 7.99. The molecule has 2 aromatic carbocycles. The number of para-hydroxylation sites is 1. The van der Waals surface area contributed by atoms with E-state index < -0.39 is 6.10 Å². The van der Waals surface area contributed by atoms with Crippen molar-refractivity contribution in [3.8, 4) is 5.75 Å². The zero-order valence-electron chi connectivity index (χ0n) is 16.2. The van der Waals surface area contributed by atoms with Crippen molar-refractivity contribution in [2.24, 2.45) is 0 Å². The summed E-state index contributed by atoms with van der Waals surface area (Å²) in [4.78, 5) is 12.8. The van der Waals surface area contributed by atoms with E-state index in [2.05, 4.69) is 16.8 Å². The van der Waals surface area contributed by atoms with Gasteiger partial charge in [-0.05, 0) is 24.3 Å². The Hall–Kier alpha value is -2.52. The summed E-state index contributed by atoms with van der Waals surface area (Å²) in [6.45, 7) is 4.07. The van der Waals surface area contributed by atoms with Crippen molar-refractivity contribution in [2.45, 2.75) is 17.8 Å². The van der Waals surface area contributed by atoms with Crippen LogP contribution in [-0.4, -0.2) is 42.7 Å². The van der Waals surface area contributed by atoms with Gasteiger partial charge >= 0.3 is 0 Å². The van der Waals surface area contributed by atoms with Crippen LogP contribution in [0.1, 0.15) is 0 Å². The summed E-state index contributed by atoms with van der Waals surface area (Å²) in [7, 11) is 0. The maximum absolute atomic E-state index is 12.8. The number of ether oxygens (including phenoxy) is 1. The quantitative estimate of drug-likeness (QED) is 0.305. The molecule has 0 aliphatic carbocycles. The molecule has 0 saturated carbocycles. The zero-order chi connectivity index (χ0) is 22.0. The second-order valence-electron chi connectivity index (χ2n) is 6.69. The van der Waals surface area contributed by atoms with Crippen LogP contribution >= 0.6 is 35.0 Å². The molecule has 0 radical (unpaired) electrons. The average Bonchev–Trinajstić information content (AvgIpc) is 3.20. The Morgan fingerprint density at radius 1 is 1.23 bits per heavy atom. The fourth-order valence-corrected chi connectivity index (χ4v) is 4.29. The van der Waals surface area contributed by atoms with E-state index in [1.165, 1.54) is 16.3 Å². The highest BCUT2D eigenvalue weighted by Gasteiger charge is 2.17. The van der Waals surface area contributed by atoms with Crippen molar-refractivity contribution in [2.75, 3.05) is 12.4 Å². The van der Waals surface area contributed by atoms with Crippen molar-refractivity contribution in [3.63, 3.8) is 0 Å². The molecule has 4 rings (SSSR count). The monoisotopic (exact) mass is 476 g/mol. The largest absolute Gasteiger partial charge is 0.489 e. The Kier molecular flexibility index (Phi) is 6.52. The van der Waals surface area contributed by atoms with Crippen LogP contribution in [-0.2, 0) is 6.54 Å². The number of rotatable bonds is 8. The number of aromatic nitrogens is 4. The van der Waals surface area contributed by atoms with Gasteiger partial charge in [-0.1, -0.05) is 53.2 Å². The highest BCUT2D eigenvalue weighted by atomic mass is 35.5. The highest BCUT2D eigenvalue weighted by Crippen LogP contribution is 2.28. The fraction of sp³-hybridized carbons (Fsp3) is 0.190. The Morgan fingerprint density at radius 3 is 2.84 bits per heavy atom. The molecule has 2 aromatic heterocycles. The molecule has 1 atom stereocenters. The van der Waals surface area contributed by atoms with Gasteiger partial charge in [0.15, 0.2) is 5.16 Å². The minimum absolute atomic E-state index is 0.0335. The molecule has 31 heavy (non-hydrogen) atoms. The Bertz CT molecular complexity index is 1320. The second-order valence-corrected chi connectivity index (χ2v) is 8.52. The van der Waals surface area contributed by atoms with E-state index in [-0.39, 0.29) is 12.2 Å². The van der Waals surface area contributed by atoms with Crippen LogP contribution in [0.5, 0.6) is 5.75 Å². The first-order valence-corrected chi connectivity index (χ1v) is 11.1. The lowest BCUT2D eigenvalue weighted by molar-refractivity contribution is 0.126. The van der Waals surface area contributed by atoms with Crippen molar-refractivity contribution < 1.29 is 9.84 Å². The van der Waals surface area contributed by atoms with Gasteiger partial charge in [-0.15, -0.1) is 16.8 Å². The number of hydrogen-bond donors (Lipinski definition) is 1. The van der Waals surface area contributed by atoms with E-state index >= 15 is 0 Å². The molecule has 0 aliphatic rings. The fourth-order valence-electron chi connectivity index (χ4n) is 3.11. The summed E-state index contributed by atoms with van der Waals surface area (Å²) in [5.74, 6) is 1.13. The first-order valence-electron chi connectivity index (χ1n) is 9.36. The third-order valence-corrected chi connectivity index (χ3v) is 6.14. The third kappa shape index (κ3) is 4.43. The van der Waals surface area contributed by atoms with Gasteiger partial charge in [0.25, 0.3) is 5.56 Å². The normalized spacial score (nSPS) is 12.4. The first-order chi connectivity index (χ1) is 15.0. The molecular formula is C21H18Cl2N4O3S. The number of hydrogen-bond acceptors (Lipinski definition) is 6. The molecule has 0 amide bonds. The number of halogens is 2. The van der Waals surface area contributed by atoms with Crippen molar-refractivity contribution in [3.05, 3.63) is 75.5 Å². The van der Waals surface area contributed by atoms with E-state index in [4.69, 9.17) is 27.9 Å². The van der Waals surface area contributed by atoms with Crippen LogP contribution in [0.15, 0.2) is 65.1 Å². The molecule has 0 fully saturated rings. The number of benzene rings is 2. The minimum Gasteiger partial charge on any atom is -0.489 e. The summed E-state index contributed by atoms with van der Waals surface area (Å²) in [6, 6.07) is 12.2. The number of aliphatic hydroxyl groups excluding tert-OH is 1. The maximum Gasteiger partial charge on any atom is 0.263 e. The van der Waals surface area contributed by atoms with Gasteiger partial charge in [0.1, 0.15) is 12.4 Å². The van der Waals surface area contributed by atoms with Crippen LogP contribution in [0.3, 0.4) is 0 Å². The maximum atomic E-state index is 12.8. The van der Waals surface area contributed by atoms with Crippen LogP contribution in [0.2, 0.25) is 10.0 Å². The lowest BCUT2D eigenvalue weighted by atomic mass is 10.2. The molecular weight excluding hydrogens is 459 g/mol. The van der Waals surface area contributed by atoms with Crippen molar-refractivity contribution >= 4 is 51.6 Å². The number of fused-ring (bicyclic) bond motifs is 3. The standard InChI is InChI=1S/C21H18Cl2N4O3S/c1-2-9-26-19(29)15-5-3-4-6-17(15)27-20(26)24-25-21(27)31-12-14(28)11-30-18-10-13(22)7-8-16(18)23/h2-8,10,14,28H,1,9,11-12H2/t14-/m1/s1. The molecule has 160 valence electrons. The molecule has 7 nitrogen and oxygen atoms in total. The number of aliphatic hydroxyl groups is 1. The minimum atomic E-state index is -0.794. The first kappa shape index (κ1) is 21.7. The molecule has 0 spiro atoms. The van der Waals surface area contributed by atoms with Gasteiger partial charge in [-0.3, -0.25) is 13.8 Å². The summed E-state index contributed by atoms with van der Waals surface area (Å²) in [6.07, 6.45) is 0.845. The average molecular weight is 477 g/mol. The van der Waals surface area contributed by atoms with Crippen LogP contribution in [0, 0.1) is 0 Å². The van der Waals surface area contributed by atoms with Gasteiger partial charge in [-0.25, -0.2) is 0 Å². The zero-order valence-corrected chi connectivity index (χ0v) is 18.6. The molecule has 0 unspecified atom stereocenters. The van der Waals surface area contributed by atoms with Gasteiger partial charge in [0.2, 0.25) is 5.78 Å². The Labute approximate surface area is 191 Å². The smallest absolute Gasteiger partial charge is 0.263 e. The van der Waals surface area contributed by atoms with Gasteiger partial charge in [-0.2, -0.15) is 0 Å². The Balaban J connectivity index is 1.57. The van der Waals surface area contributed by atoms with E-state index in [0.29, 0.717) is 49.9 Å². The molecule has 0 saturated heterocycles. The second kappa shape index (κ2) is 9.32. The molecule has 1 N–H and O–H groups in total. The molecule has 0 bridgehead atoms. The van der Waals surface area contributed by atoms with Gasteiger partial charge in [0, 0.05) is 23.4 Å². The van der Waals surface area contributed by atoms with Gasteiger partial charge in [0.05, 0.1) is 22.0 Å². The third-order valence-electron chi connectivity index (χ3n) is 4.52. The van der Waals surface area contributed by atoms with Crippen LogP contribution < -0.4 is 10.3 Å². The number of nitrogens with zero attached hydrogens (tertiary/aromatic N) is 4. The lowest BCUT2D eigenvalue weighted by Crippen LogP contribution is -2.23. The van der Waals surface area contributed by atoms with Crippen molar-refractivity contribution in [1.29, 1.82) is 0 Å². The van der Waals surface area contributed by atoms with E-state index in [1.54, 1.807) is 30.3 Å². The van der Waals surface area contributed by atoms with Gasteiger partial charge < -0.3 is 9.84 Å². The molecule has 2 heterocycles. The topological polar surface area (TPSA) is 81.7 Å². The van der Waals surface area contributed by atoms with Crippen molar-refractivity contribution in [1.82, 2.24) is 19.2 Å². The van der Waals surface area contributed by atoms with E-state index in [0.717, 1.165) is 0 Å². The molecule has 0 aliphatic heterocycles. The summed E-state index contributed by atoms with van der Waals surface area (Å²) >= 11 is 13.4. The lowest BCUT2D eigenvalue weighted by Gasteiger charge is -2.13. The number of thioether (sulfide) groups is 1. The molecule has 10 heteroatoms. The summed E-state index contributed by atoms with van der Waals surface area (Å²) in [5.41, 5.74) is 0.547. The SMILES string of the molecule is C=CCn1c(=O)c2ccccc2n2c(SC[C@H](O)COc3cc(Cl)ccc3Cl)nnc12. The Morgan fingerprint density at radius 2 is 2.03 bits per heavy atom. The van der Waals surface area contributed by atoms with E-state index in [1.807, 2.05) is 22.6 Å². The number of allylic oxidation sites excluding steroid dienone is 1. The summed E-state index contributed by atoms with van der Waals surface area (Å²) in [5, 5.41) is 20.9. The predicted molar refractivity (Wildman–Crippen MR) is 124 cm³/mol. The predicted octanol–water partition coefficient (Wildman–Crippen LogP) is 4.07. The van der Waals surface area contributed by atoms with E-state index in [9.17, 15) is 9.90 Å². The van der Waals surface area contributed by atoms with Crippen LogP contribution in [0.25, 0.3) is 16.7 Å². The summed E-state index contributed by atoms with van der Waals surface area (Å²) < 4.78 is 8.93. The molecule has 4 aromatic rings. The van der Waals surface area contributed by atoms with Crippen LogP contribution in [0.4, 0.5) is 0 Å².